The van der Waals surface area contributed by atoms with Crippen LogP contribution in [0.4, 0.5) is 10.5 Å². The van der Waals surface area contributed by atoms with Crippen molar-refractivity contribution in [2.45, 2.75) is 0 Å². The van der Waals surface area contributed by atoms with E-state index in [0.717, 1.165) is 27.8 Å². The van der Waals surface area contributed by atoms with Crippen LogP contribution in [0.25, 0.3) is 32.6 Å². The molecule has 0 saturated heterocycles. The van der Waals surface area contributed by atoms with E-state index >= 15 is 0 Å². The number of ether oxygens (including phenoxy) is 1. The van der Waals surface area contributed by atoms with Crippen molar-refractivity contribution >= 4 is 33.3 Å². The molecule has 0 saturated carbocycles. The molecular formula is C20H15N3O2S. The second-order valence-corrected chi connectivity index (χ2v) is 6.65. The van der Waals surface area contributed by atoms with Crippen molar-refractivity contribution in [3.63, 3.8) is 0 Å². The summed E-state index contributed by atoms with van der Waals surface area (Å²) in [6.07, 6.45) is -0.896. The molecule has 2 heterocycles. The summed E-state index contributed by atoms with van der Waals surface area (Å²) in [6, 6.07) is 21.8. The Balaban J connectivity index is 2.01. The lowest BCUT2D eigenvalue weighted by Gasteiger charge is -2.08. The van der Waals surface area contributed by atoms with Crippen molar-refractivity contribution in [1.29, 1.82) is 0 Å². The summed E-state index contributed by atoms with van der Waals surface area (Å²) >= 11 is 1.21. The SMILES string of the molecule is NC(=O)Oc1sc2nc(-c3ccccc3)cc(-c3ccccc3)c2c1N. The molecular weight excluding hydrogens is 346 g/mol. The molecule has 0 fully saturated rings. The standard InChI is InChI=1S/C20H15N3O2S/c21-17-16-14(12-7-3-1-4-8-12)11-15(13-9-5-2-6-10-13)23-18(16)26-19(17)25-20(22)24/h1-11H,21H2,(H2,22,24). The van der Waals surface area contributed by atoms with Gasteiger partial charge in [0.15, 0.2) is 0 Å². The lowest BCUT2D eigenvalue weighted by atomic mass is 10.00. The molecule has 0 atom stereocenters. The maximum absolute atomic E-state index is 11.2. The van der Waals surface area contributed by atoms with E-state index in [4.69, 9.17) is 21.2 Å². The fraction of sp³-hybridized carbons (Fsp3) is 0. The van der Waals surface area contributed by atoms with Crippen LogP contribution in [0.15, 0.2) is 66.7 Å². The molecule has 2 aromatic heterocycles. The summed E-state index contributed by atoms with van der Waals surface area (Å²) in [7, 11) is 0. The molecule has 4 rings (SSSR count). The predicted octanol–water partition coefficient (Wildman–Crippen LogP) is 4.67. The second-order valence-electron chi connectivity index (χ2n) is 5.69. The Bertz CT molecular complexity index is 1090. The van der Waals surface area contributed by atoms with Gasteiger partial charge in [0.05, 0.1) is 11.4 Å². The van der Waals surface area contributed by atoms with Crippen LogP contribution in [0.1, 0.15) is 0 Å². The van der Waals surface area contributed by atoms with Crippen molar-refractivity contribution in [1.82, 2.24) is 4.98 Å². The molecule has 0 bridgehead atoms. The van der Waals surface area contributed by atoms with Crippen LogP contribution in [-0.2, 0) is 0 Å². The molecule has 0 aliphatic heterocycles. The van der Waals surface area contributed by atoms with Crippen LogP contribution >= 0.6 is 11.3 Å². The van der Waals surface area contributed by atoms with Gasteiger partial charge in [-0.2, -0.15) is 0 Å². The second kappa shape index (κ2) is 6.50. The van der Waals surface area contributed by atoms with Gasteiger partial charge in [-0.25, -0.2) is 9.78 Å². The average Bonchev–Trinajstić information content (AvgIpc) is 2.97. The number of nitrogens with two attached hydrogens (primary N) is 2. The monoisotopic (exact) mass is 361 g/mol. The molecule has 0 unspecified atom stereocenters. The molecule has 5 nitrogen and oxygen atoms in total. The van der Waals surface area contributed by atoms with Crippen molar-refractivity contribution in [2.75, 3.05) is 5.73 Å². The number of hydrogen-bond acceptors (Lipinski definition) is 5. The molecule has 6 heteroatoms. The molecule has 0 radical (unpaired) electrons. The summed E-state index contributed by atoms with van der Waals surface area (Å²) in [5, 5.41) is 1.03. The minimum Gasteiger partial charge on any atom is -0.397 e. The minimum absolute atomic E-state index is 0.266. The Hall–Kier alpha value is -3.38. The Kier molecular flexibility index (Phi) is 4.02. The number of nitrogens with zero attached hydrogens (tertiary/aromatic N) is 1. The van der Waals surface area contributed by atoms with E-state index in [1.807, 2.05) is 66.7 Å². The van der Waals surface area contributed by atoms with Crippen molar-refractivity contribution in [3.8, 4) is 27.4 Å². The predicted molar refractivity (Wildman–Crippen MR) is 105 cm³/mol. The molecule has 1 amide bonds. The van der Waals surface area contributed by atoms with Gasteiger partial charge >= 0.3 is 6.09 Å². The van der Waals surface area contributed by atoms with Gasteiger partial charge in [0.2, 0.25) is 5.06 Å². The van der Waals surface area contributed by atoms with Crippen LogP contribution in [0.5, 0.6) is 5.06 Å². The van der Waals surface area contributed by atoms with E-state index in [9.17, 15) is 4.79 Å². The quantitative estimate of drug-likeness (QED) is 0.555. The Morgan fingerprint density at radius 3 is 2.19 bits per heavy atom. The molecule has 4 N–H and O–H groups in total. The Morgan fingerprint density at radius 2 is 1.58 bits per heavy atom. The van der Waals surface area contributed by atoms with Crippen molar-refractivity contribution in [2.24, 2.45) is 5.73 Å². The molecule has 4 aromatic rings. The fourth-order valence-corrected chi connectivity index (χ4v) is 3.85. The van der Waals surface area contributed by atoms with Gasteiger partial charge in [-0.3, -0.25) is 0 Å². The number of anilines is 1. The van der Waals surface area contributed by atoms with E-state index in [1.54, 1.807) is 0 Å². The van der Waals surface area contributed by atoms with E-state index in [1.165, 1.54) is 11.3 Å². The van der Waals surface area contributed by atoms with Gasteiger partial charge in [-0.05, 0) is 17.2 Å². The molecule has 2 aromatic carbocycles. The number of benzene rings is 2. The number of amides is 1. The molecule has 128 valence electrons. The smallest absolute Gasteiger partial charge is 0.397 e. The summed E-state index contributed by atoms with van der Waals surface area (Å²) < 4.78 is 5.06. The van der Waals surface area contributed by atoms with Gasteiger partial charge < -0.3 is 16.2 Å². The number of pyridine rings is 1. The normalized spacial score (nSPS) is 10.8. The lowest BCUT2D eigenvalue weighted by molar-refractivity contribution is 0.212. The van der Waals surface area contributed by atoms with Crippen LogP contribution in [0.3, 0.4) is 0 Å². The summed E-state index contributed by atoms with van der Waals surface area (Å²) in [5.41, 5.74) is 15.5. The highest BCUT2D eigenvalue weighted by atomic mass is 32.1. The first-order valence-electron chi connectivity index (χ1n) is 7.94. The van der Waals surface area contributed by atoms with Gasteiger partial charge in [0.1, 0.15) is 4.83 Å². The number of carbonyl (C=O) groups is 1. The van der Waals surface area contributed by atoms with E-state index < -0.39 is 6.09 Å². The summed E-state index contributed by atoms with van der Waals surface area (Å²) in [6.45, 7) is 0. The maximum atomic E-state index is 11.2. The van der Waals surface area contributed by atoms with Crippen molar-refractivity contribution in [3.05, 3.63) is 66.7 Å². The Morgan fingerprint density at radius 1 is 0.962 bits per heavy atom. The third-order valence-electron chi connectivity index (χ3n) is 4.01. The van der Waals surface area contributed by atoms with Crippen LogP contribution in [0.2, 0.25) is 0 Å². The zero-order chi connectivity index (χ0) is 18.1. The first-order chi connectivity index (χ1) is 12.6. The van der Waals surface area contributed by atoms with Gasteiger partial charge in [-0.1, -0.05) is 72.0 Å². The van der Waals surface area contributed by atoms with Crippen LogP contribution in [-0.4, -0.2) is 11.1 Å². The van der Waals surface area contributed by atoms with E-state index in [0.29, 0.717) is 10.5 Å². The van der Waals surface area contributed by atoms with E-state index in [2.05, 4.69) is 0 Å². The van der Waals surface area contributed by atoms with Gasteiger partial charge in [0.25, 0.3) is 0 Å². The zero-order valence-electron chi connectivity index (χ0n) is 13.7. The highest BCUT2D eigenvalue weighted by molar-refractivity contribution is 7.21. The summed E-state index contributed by atoms with van der Waals surface area (Å²) in [5.74, 6) is 0. The summed E-state index contributed by atoms with van der Waals surface area (Å²) in [4.78, 5) is 16.6. The molecule has 0 aliphatic rings. The number of thiophene rings is 1. The number of fused-ring (bicyclic) bond motifs is 1. The van der Waals surface area contributed by atoms with Crippen LogP contribution in [0, 0.1) is 0 Å². The highest BCUT2D eigenvalue weighted by Gasteiger charge is 2.19. The average molecular weight is 361 g/mol. The number of nitrogen functional groups attached to an aromatic ring is 1. The minimum atomic E-state index is -0.896. The van der Waals surface area contributed by atoms with E-state index in [-0.39, 0.29) is 5.06 Å². The highest BCUT2D eigenvalue weighted by Crippen LogP contribution is 2.45. The molecule has 0 spiro atoms. The largest absolute Gasteiger partial charge is 0.410 e. The first kappa shape index (κ1) is 16.1. The zero-order valence-corrected chi connectivity index (χ0v) is 14.5. The Labute approximate surface area is 153 Å². The maximum Gasteiger partial charge on any atom is 0.410 e. The number of primary amides is 1. The number of carbonyl (C=O) groups excluding carboxylic acids is 1. The molecule has 0 aliphatic carbocycles. The van der Waals surface area contributed by atoms with Gasteiger partial charge in [-0.15, -0.1) is 0 Å². The van der Waals surface area contributed by atoms with Gasteiger partial charge in [0, 0.05) is 10.9 Å². The third-order valence-corrected chi connectivity index (χ3v) is 4.99. The number of aromatic nitrogens is 1. The first-order valence-corrected chi connectivity index (χ1v) is 8.76. The number of rotatable bonds is 3. The fourth-order valence-electron chi connectivity index (χ4n) is 2.87. The topological polar surface area (TPSA) is 91.2 Å². The van der Waals surface area contributed by atoms with Crippen molar-refractivity contribution < 1.29 is 9.53 Å². The third kappa shape index (κ3) is 2.87. The molecule has 26 heavy (non-hydrogen) atoms. The lowest BCUT2D eigenvalue weighted by Crippen LogP contribution is -2.16. The van der Waals surface area contributed by atoms with Crippen LogP contribution < -0.4 is 16.2 Å². The number of hydrogen-bond donors (Lipinski definition) is 2.